The third-order valence-corrected chi connectivity index (χ3v) is 4.06. The van der Waals surface area contributed by atoms with Gasteiger partial charge in [-0.25, -0.2) is 4.79 Å². The van der Waals surface area contributed by atoms with E-state index in [2.05, 4.69) is 4.90 Å². The molecule has 1 fully saturated rings. The van der Waals surface area contributed by atoms with Crippen LogP contribution in [0, 0.1) is 0 Å². The molecule has 2 rings (SSSR count). The van der Waals surface area contributed by atoms with Crippen LogP contribution in [-0.2, 0) is 11.3 Å². The summed E-state index contributed by atoms with van der Waals surface area (Å²) in [5.41, 5.74) is 1.13. The normalized spacial score (nSPS) is 19.3. The molecule has 1 atom stereocenters. The van der Waals surface area contributed by atoms with Crippen LogP contribution in [0.15, 0.2) is 24.3 Å². The number of likely N-dealkylation sites (tertiary alicyclic amines) is 1. The molecule has 114 valence electrons. The zero-order valence-corrected chi connectivity index (χ0v) is 12.0. The molecule has 0 bridgehead atoms. The molecule has 5 heteroatoms. The molecule has 1 heterocycles. The SMILES string of the molecule is O=C(O)CC[C@@H]1CCCCN1Cc1ccccc1C(=O)O. The molecule has 1 saturated heterocycles. The fraction of sp³-hybridized carbons (Fsp3) is 0.500. The lowest BCUT2D eigenvalue weighted by Crippen LogP contribution is -2.39. The predicted molar refractivity (Wildman–Crippen MR) is 78.3 cm³/mol. The Labute approximate surface area is 124 Å². The largest absolute Gasteiger partial charge is 0.481 e. The second-order valence-electron chi connectivity index (χ2n) is 5.51. The number of carbonyl (C=O) groups is 2. The van der Waals surface area contributed by atoms with E-state index < -0.39 is 11.9 Å². The second-order valence-corrected chi connectivity index (χ2v) is 5.51. The summed E-state index contributed by atoms with van der Waals surface area (Å²) in [6.45, 7) is 1.48. The third kappa shape index (κ3) is 4.29. The molecule has 0 saturated carbocycles. The summed E-state index contributed by atoms with van der Waals surface area (Å²) in [6.07, 6.45) is 3.98. The van der Waals surface area contributed by atoms with Crippen LogP contribution < -0.4 is 0 Å². The molecule has 1 aliphatic heterocycles. The molecule has 0 aromatic heterocycles. The van der Waals surface area contributed by atoms with Crippen molar-refractivity contribution in [1.82, 2.24) is 4.90 Å². The Morgan fingerprint density at radius 2 is 1.95 bits per heavy atom. The monoisotopic (exact) mass is 291 g/mol. The van der Waals surface area contributed by atoms with Crippen molar-refractivity contribution in [3.63, 3.8) is 0 Å². The minimum Gasteiger partial charge on any atom is -0.481 e. The van der Waals surface area contributed by atoms with E-state index >= 15 is 0 Å². The van der Waals surface area contributed by atoms with Crippen LogP contribution in [0.1, 0.15) is 48.0 Å². The number of aliphatic carboxylic acids is 1. The molecule has 0 unspecified atom stereocenters. The first-order chi connectivity index (χ1) is 10.1. The second kappa shape index (κ2) is 7.22. The summed E-state index contributed by atoms with van der Waals surface area (Å²) in [6, 6.07) is 7.26. The number of hydrogen-bond donors (Lipinski definition) is 2. The van der Waals surface area contributed by atoms with Gasteiger partial charge in [-0.05, 0) is 37.4 Å². The number of carboxylic acids is 2. The maximum absolute atomic E-state index is 11.3. The van der Waals surface area contributed by atoms with Crippen molar-refractivity contribution in [3.05, 3.63) is 35.4 Å². The van der Waals surface area contributed by atoms with Crippen molar-refractivity contribution >= 4 is 11.9 Å². The molecule has 5 nitrogen and oxygen atoms in total. The van der Waals surface area contributed by atoms with Gasteiger partial charge in [-0.2, -0.15) is 0 Å². The summed E-state index contributed by atoms with van der Waals surface area (Å²) < 4.78 is 0. The minimum atomic E-state index is -0.912. The van der Waals surface area contributed by atoms with Crippen LogP contribution in [0.3, 0.4) is 0 Å². The lowest BCUT2D eigenvalue weighted by atomic mass is 9.96. The molecule has 1 aromatic carbocycles. The van der Waals surface area contributed by atoms with Crippen LogP contribution >= 0.6 is 0 Å². The van der Waals surface area contributed by atoms with Crippen LogP contribution in [0.4, 0.5) is 0 Å². The first kappa shape index (κ1) is 15.5. The molecule has 0 aliphatic carbocycles. The summed E-state index contributed by atoms with van der Waals surface area (Å²) in [5.74, 6) is -1.68. The number of piperidine rings is 1. The zero-order chi connectivity index (χ0) is 15.2. The van der Waals surface area contributed by atoms with Gasteiger partial charge < -0.3 is 10.2 Å². The number of rotatable bonds is 6. The van der Waals surface area contributed by atoms with E-state index in [9.17, 15) is 14.7 Å². The predicted octanol–water partition coefficient (Wildman–Crippen LogP) is 2.60. The van der Waals surface area contributed by atoms with Gasteiger partial charge in [0, 0.05) is 19.0 Å². The van der Waals surface area contributed by atoms with Crippen LogP contribution in [0.5, 0.6) is 0 Å². The Bertz CT molecular complexity index is 515. The van der Waals surface area contributed by atoms with E-state index in [1.54, 1.807) is 12.1 Å². The molecule has 0 amide bonds. The number of nitrogens with zero attached hydrogens (tertiary/aromatic N) is 1. The fourth-order valence-corrected chi connectivity index (χ4v) is 2.97. The highest BCUT2D eigenvalue weighted by atomic mass is 16.4. The smallest absolute Gasteiger partial charge is 0.336 e. The molecule has 0 radical (unpaired) electrons. The lowest BCUT2D eigenvalue weighted by Gasteiger charge is -2.36. The van der Waals surface area contributed by atoms with Crippen molar-refractivity contribution in [3.8, 4) is 0 Å². The molecule has 1 aliphatic rings. The fourth-order valence-electron chi connectivity index (χ4n) is 2.97. The molecule has 21 heavy (non-hydrogen) atoms. The molecular weight excluding hydrogens is 270 g/mol. The van der Waals surface area contributed by atoms with E-state index in [-0.39, 0.29) is 12.5 Å². The van der Waals surface area contributed by atoms with E-state index in [4.69, 9.17) is 5.11 Å². The van der Waals surface area contributed by atoms with Gasteiger partial charge in [-0.15, -0.1) is 0 Å². The highest BCUT2D eigenvalue weighted by Crippen LogP contribution is 2.24. The summed E-state index contributed by atoms with van der Waals surface area (Å²) >= 11 is 0. The Morgan fingerprint density at radius 3 is 2.67 bits per heavy atom. The molecule has 1 aromatic rings. The van der Waals surface area contributed by atoms with Gasteiger partial charge in [-0.3, -0.25) is 9.69 Å². The summed E-state index contributed by atoms with van der Waals surface area (Å²) in [4.78, 5) is 24.2. The van der Waals surface area contributed by atoms with E-state index in [0.717, 1.165) is 31.4 Å². The zero-order valence-electron chi connectivity index (χ0n) is 12.0. The van der Waals surface area contributed by atoms with Gasteiger partial charge in [-0.1, -0.05) is 24.6 Å². The van der Waals surface area contributed by atoms with Crippen LogP contribution in [0.25, 0.3) is 0 Å². The topological polar surface area (TPSA) is 77.8 Å². The number of aromatic carboxylic acids is 1. The maximum Gasteiger partial charge on any atom is 0.336 e. The van der Waals surface area contributed by atoms with Gasteiger partial charge in [0.25, 0.3) is 0 Å². The summed E-state index contributed by atoms with van der Waals surface area (Å²) in [7, 11) is 0. The number of carboxylic acid groups (broad SMARTS) is 2. The molecule has 2 N–H and O–H groups in total. The van der Waals surface area contributed by atoms with Crippen LogP contribution in [-0.4, -0.2) is 39.6 Å². The third-order valence-electron chi connectivity index (χ3n) is 4.06. The van der Waals surface area contributed by atoms with Crippen molar-refractivity contribution < 1.29 is 19.8 Å². The standard InChI is InChI=1S/C16H21NO4/c18-15(19)9-8-13-6-3-4-10-17(13)11-12-5-1-2-7-14(12)16(20)21/h1-2,5,7,13H,3-4,6,8-11H2,(H,18,19)(H,20,21)/t13-/m0/s1. The average Bonchev–Trinajstić information content (AvgIpc) is 2.46. The van der Waals surface area contributed by atoms with Crippen LogP contribution in [0.2, 0.25) is 0 Å². The first-order valence-electron chi connectivity index (χ1n) is 7.35. The molecule has 0 spiro atoms. The average molecular weight is 291 g/mol. The van der Waals surface area contributed by atoms with Crippen molar-refractivity contribution in [2.75, 3.05) is 6.54 Å². The van der Waals surface area contributed by atoms with Gasteiger partial charge >= 0.3 is 11.9 Å². The summed E-state index contributed by atoms with van der Waals surface area (Å²) in [5, 5.41) is 18.1. The first-order valence-corrected chi connectivity index (χ1v) is 7.35. The quantitative estimate of drug-likeness (QED) is 0.842. The Kier molecular flexibility index (Phi) is 5.33. The van der Waals surface area contributed by atoms with Gasteiger partial charge in [0.05, 0.1) is 5.56 Å². The number of benzene rings is 1. The van der Waals surface area contributed by atoms with Gasteiger partial charge in [0.2, 0.25) is 0 Å². The van der Waals surface area contributed by atoms with Crippen molar-refractivity contribution in [2.24, 2.45) is 0 Å². The lowest BCUT2D eigenvalue weighted by molar-refractivity contribution is -0.137. The Balaban J connectivity index is 2.08. The van der Waals surface area contributed by atoms with Crippen molar-refractivity contribution in [2.45, 2.75) is 44.7 Å². The maximum atomic E-state index is 11.3. The Morgan fingerprint density at radius 1 is 1.19 bits per heavy atom. The van der Waals surface area contributed by atoms with Crippen molar-refractivity contribution in [1.29, 1.82) is 0 Å². The van der Waals surface area contributed by atoms with E-state index in [0.29, 0.717) is 18.5 Å². The van der Waals surface area contributed by atoms with E-state index in [1.165, 1.54) is 0 Å². The highest BCUT2D eigenvalue weighted by molar-refractivity contribution is 5.89. The number of hydrogen-bond acceptors (Lipinski definition) is 3. The molecular formula is C16H21NO4. The van der Waals surface area contributed by atoms with E-state index in [1.807, 2.05) is 12.1 Å². The van der Waals surface area contributed by atoms with Gasteiger partial charge in [0.15, 0.2) is 0 Å². The minimum absolute atomic E-state index is 0.168. The Hall–Kier alpha value is -1.88. The highest BCUT2D eigenvalue weighted by Gasteiger charge is 2.24. The van der Waals surface area contributed by atoms with Gasteiger partial charge in [0.1, 0.15) is 0 Å².